The summed E-state index contributed by atoms with van der Waals surface area (Å²) in [7, 11) is 1.65. The molecule has 2 aromatic carbocycles. The van der Waals surface area contributed by atoms with Crippen molar-refractivity contribution in [1.82, 2.24) is 4.57 Å². The smallest absolute Gasteiger partial charge is 0.120 e. The van der Waals surface area contributed by atoms with Gasteiger partial charge in [0, 0.05) is 28.9 Å². The molecule has 0 bridgehead atoms. The monoisotopic (exact) mass is 310 g/mol. The summed E-state index contributed by atoms with van der Waals surface area (Å²) in [6, 6.07) is 14.0. The predicted molar refractivity (Wildman–Crippen MR) is 94.1 cm³/mol. The molecule has 1 heterocycles. The van der Waals surface area contributed by atoms with E-state index in [9.17, 15) is 0 Å². The van der Waals surface area contributed by atoms with Gasteiger partial charge in [-0.1, -0.05) is 6.07 Å². The maximum atomic E-state index is 6.19. The van der Waals surface area contributed by atoms with Crippen molar-refractivity contribution in [3.63, 3.8) is 0 Å². The molecule has 0 amide bonds. The molecule has 2 N–H and O–H groups in total. The molecule has 0 aliphatic rings. The van der Waals surface area contributed by atoms with Crippen molar-refractivity contribution >= 4 is 16.6 Å². The second kappa shape index (κ2) is 6.24. The van der Waals surface area contributed by atoms with Crippen molar-refractivity contribution in [2.75, 3.05) is 12.8 Å². The Morgan fingerprint density at radius 1 is 1.04 bits per heavy atom. The van der Waals surface area contributed by atoms with Crippen molar-refractivity contribution in [2.45, 2.75) is 26.5 Å². The number of ether oxygens (including phenoxy) is 2. The fourth-order valence-electron chi connectivity index (χ4n) is 2.79. The summed E-state index contributed by atoms with van der Waals surface area (Å²) in [4.78, 5) is 0. The van der Waals surface area contributed by atoms with E-state index in [-0.39, 0.29) is 0 Å². The zero-order valence-electron chi connectivity index (χ0n) is 13.7. The zero-order chi connectivity index (χ0) is 16.4. The van der Waals surface area contributed by atoms with Crippen molar-refractivity contribution in [3.05, 3.63) is 54.2 Å². The van der Waals surface area contributed by atoms with Crippen LogP contribution in [0.1, 0.15) is 25.5 Å². The lowest BCUT2D eigenvalue weighted by molar-refractivity contribution is 0.306. The fraction of sp³-hybridized carbons (Fsp3) is 0.263. The maximum absolute atomic E-state index is 6.19. The average Bonchev–Trinajstić information content (AvgIpc) is 2.94. The lowest BCUT2D eigenvalue weighted by atomic mass is 10.1. The van der Waals surface area contributed by atoms with Gasteiger partial charge in [0.05, 0.1) is 12.6 Å². The predicted octanol–water partition coefficient (Wildman–Crippen LogP) is 4.39. The summed E-state index contributed by atoms with van der Waals surface area (Å²) >= 11 is 0. The molecule has 1 aromatic heterocycles. The molecule has 0 saturated heterocycles. The number of nitrogens with two attached hydrogens (primary N) is 1. The standard InChI is InChI=1S/C19H22N2O2/c1-13(2)21-11-14(19-17(20)5-4-6-18(19)21)12-23-16-9-7-15(22-3)8-10-16/h4-11,13H,12,20H2,1-3H3. The summed E-state index contributed by atoms with van der Waals surface area (Å²) in [6.45, 7) is 4.81. The topological polar surface area (TPSA) is 49.4 Å². The maximum Gasteiger partial charge on any atom is 0.120 e. The molecule has 0 spiro atoms. The molecule has 0 aliphatic heterocycles. The lowest BCUT2D eigenvalue weighted by Crippen LogP contribution is -1.98. The largest absolute Gasteiger partial charge is 0.497 e. The van der Waals surface area contributed by atoms with E-state index in [1.165, 1.54) is 0 Å². The number of benzene rings is 2. The van der Waals surface area contributed by atoms with Crippen molar-refractivity contribution < 1.29 is 9.47 Å². The molecule has 3 aromatic rings. The van der Waals surface area contributed by atoms with Crippen molar-refractivity contribution in [1.29, 1.82) is 0 Å². The van der Waals surface area contributed by atoms with Crippen LogP contribution in [-0.4, -0.2) is 11.7 Å². The van der Waals surface area contributed by atoms with Gasteiger partial charge in [-0.05, 0) is 50.2 Å². The third-order valence-electron chi connectivity index (χ3n) is 3.98. The molecular formula is C19H22N2O2. The molecule has 0 saturated carbocycles. The molecule has 23 heavy (non-hydrogen) atoms. The Hall–Kier alpha value is -2.62. The first kappa shape index (κ1) is 15.3. The Labute approximate surface area is 136 Å². The van der Waals surface area contributed by atoms with Crippen LogP contribution in [0.3, 0.4) is 0 Å². The van der Waals surface area contributed by atoms with Gasteiger partial charge in [0.25, 0.3) is 0 Å². The Kier molecular flexibility index (Phi) is 4.15. The number of nitrogen functional groups attached to an aromatic ring is 1. The van der Waals surface area contributed by atoms with E-state index >= 15 is 0 Å². The summed E-state index contributed by atoms with van der Waals surface area (Å²) in [5.41, 5.74) is 9.23. The first-order valence-electron chi connectivity index (χ1n) is 7.75. The fourth-order valence-corrected chi connectivity index (χ4v) is 2.79. The third-order valence-corrected chi connectivity index (χ3v) is 3.98. The highest BCUT2D eigenvalue weighted by atomic mass is 16.5. The van der Waals surface area contributed by atoms with Crippen LogP contribution in [-0.2, 0) is 6.61 Å². The molecule has 0 fully saturated rings. The minimum atomic E-state index is 0.369. The van der Waals surface area contributed by atoms with Gasteiger partial charge in [-0.25, -0.2) is 0 Å². The summed E-state index contributed by atoms with van der Waals surface area (Å²) in [5, 5.41) is 1.08. The van der Waals surface area contributed by atoms with E-state index in [4.69, 9.17) is 15.2 Å². The van der Waals surface area contributed by atoms with Gasteiger partial charge in [-0.3, -0.25) is 0 Å². The number of hydrogen-bond acceptors (Lipinski definition) is 3. The van der Waals surface area contributed by atoms with Gasteiger partial charge in [0.2, 0.25) is 0 Å². The molecule has 4 heteroatoms. The molecule has 120 valence electrons. The third kappa shape index (κ3) is 2.97. The highest BCUT2D eigenvalue weighted by molar-refractivity contribution is 5.94. The number of methoxy groups -OCH3 is 1. The van der Waals surface area contributed by atoms with Crippen molar-refractivity contribution in [2.24, 2.45) is 0 Å². The van der Waals surface area contributed by atoms with E-state index in [0.717, 1.165) is 33.7 Å². The van der Waals surface area contributed by atoms with Crippen LogP contribution in [0.2, 0.25) is 0 Å². The van der Waals surface area contributed by atoms with Gasteiger partial charge in [0.15, 0.2) is 0 Å². The van der Waals surface area contributed by atoms with Crippen LogP contribution in [0, 0.1) is 0 Å². The quantitative estimate of drug-likeness (QED) is 0.711. The number of nitrogens with zero attached hydrogens (tertiary/aromatic N) is 1. The number of rotatable bonds is 5. The normalized spacial score (nSPS) is 11.1. The number of fused-ring (bicyclic) bond motifs is 1. The summed E-state index contributed by atoms with van der Waals surface area (Å²) in [5.74, 6) is 1.63. The number of anilines is 1. The van der Waals surface area contributed by atoms with Gasteiger partial charge < -0.3 is 19.8 Å². The molecule has 3 rings (SSSR count). The van der Waals surface area contributed by atoms with E-state index in [2.05, 4.69) is 30.7 Å². The van der Waals surface area contributed by atoms with Crippen LogP contribution < -0.4 is 15.2 Å². The molecule has 0 atom stereocenters. The average molecular weight is 310 g/mol. The second-order valence-electron chi connectivity index (χ2n) is 5.86. The van der Waals surface area contributed by atoms with E-state index in [0.29, 0.717) is 12.6 Å². The summed E-state index contributed by atoms with van der Waals surface area (Å²) in [6.07, 6.45) is 2.13. The Morgan fingerprint density at radius 3 is 2.39 bits per heavy atom. The van der Waals surface area contributed by atoms with E-state index < -0.39 is 0 Å². The minimum Gasteiger partial charge on any atom is -0.497 e. The van der Waals surface area contributed by atoms with Crippen LogP contribution >= 0.6 is 0 Å². The van der Waals surface area contributed by atoms with Crippen molar-refractivity contribution in [3.8, 4) is 11.5 Å². The van der Waals surface area contributed by atoms with Gasteiger partial charge in [0.1, 0.15) is 18.1 Å². The van der Waals surface area contributed by atoms with Crippen LogP contribution in [0.4, 0.5) is 5.69 Å². The first-order valence-corrected chi connectivity index (χ1v) is 7.75. The molecule has 0 unspecified atom stereocenters. The van der Waals surface area contributed by atoms with Gasteiger partial charge in [-0.15, -0.1) is 0 Å². The molecule has 0 radical (unpaired) electrons. The number of aromatic nitrogens is 1. The van der Waals surface area contributed by atoms with Gasteiger partial charge >= 0.3 is 0 Å². The highest BCUT2D eigenvalue weighted by Gasteiger charge is 2.13. The number of hydrogen-bond donors (Lipinski definition) is 1. The second-order valence-corrected chi connectivity index (χ2v) is 5.86. The van der Waals surface area contributed by atoms with Crippen LogP contribution in [0.25, 0.3) is 10.9 Å². The Morgan fingerprint density at radius 2 is 1.74 bits per heavy atom. The van der Waals surface area contributed by atoms with E-state index in [1.54, 1.807) is 7.11 Å². The highest BCUT2D eigenvalue weighted by Crippen LogP contribution is 2.30. The van der Waals surface area contributed by atoms with E-state index in [1.807, 2.05) is 36.4 Å². The minimum absolute atomic E-state index is 0.369. The van der Waals surface area contributed by atoms with Crippen LogP contribution in [0.5, 0.6) is 11.5 Å². The summed E-state index contributed by atoms with van der Waals surface area (Å²) < 4.78 is 13.3. The van der Waals surface area contributed by atoms with Crippen LogP contribution in [0.15, 0.2) is 48.7 Å². The molecular weight excluding hydrogens is 288 g/mol. The Bertz CT molecular complexity index is 804. The molecule has 0 aliphatic carbocycles. The SMILES string of the molecule is COc1ccc(OCc2cn(C(C)C)c3cccc(N)c23)cc1. The first-order chi connectivity index (χ1) is 11.1. The lowest BCUT2D eigenvalue weighted by Gasteiger charge is -2.08. The Balaban J connectivity index is 1.90. The zero-order valence-corrected chi connectivity index (χ0v) is 13.7. The van der Waals surface area contributed by atoms with Gasteiger partial charge in [-0.2, -0.15) is 0 Å². The molecule has 4 nitrogen and oxygen atoms in total.